The van der Waals surface area contributed by atoms with Gasteiger partial charge < -0.3 is 5.32 Å². The Morgan fingerprint density at radius 1 is 1.20 bits per heavy atom. The molecule has 0 saturated heterocycles. The topological polar surface area (TPSA) is 12.0 Å². The van der Waals surface area contributed by atoms with Crippen LogP contribution >= 0.6 is 0 Å². The van der Waals surface area contributed by atoms with Crippen molar-refractivity contribution in [2.24, 2.45) is 11.8 Å². The van der Waals surface area contributed by atoms with Crippen LogP contribution in [-0.2, 0) is 0 Å². The van der Waals surface area contributed by atoms with Crippen molar-refractivity contribution in [3.63, 3.8) is 0 Å². The molecule has 2 unspecified atom stereocenters. The molecule has 15 heavy (non-hydrogen) atoms. The second-order valence-corrected chi connectivity index (χ2v) is 6.46. The van der Waals surface area contributed by atoms with Gasteiger partial charge in [0.1, 0.15) is 0 Å². The van der Waals surface area contributed by atoms with Crippen molar-refractivity contribution in [2.45, 2.75) is 71.8 Å². The summed E-state index contributed by atoms with van der Waals surface area (Å²) in [4.78, 5) is 0. The Kier molecular flexibility index (Phi) is 5.11. The minimum absolute atomic E-state index is 0.292. The third-order valence-electron chi connectivity index (χ3n) is 3.49. The quantitative estimate of drug-likeness (QED) is 0.694. The van der Waals surface area contributed by atoms with Crippen LogP contribution in [0.2, 0.25) is 0 Å². The maximum absolute atomic E-state index is 3.57. The molecule has 1 heteroatoms. The van der Waals surface area contributed by atoms with Crippen LogP contribution in [0, 0.1) is 11.8 Å². The van der Waals surface area contributed by atoms with E-state index < -0.39 is 0 Å². The lowest BCUT2D eigenvalue weighted by atomic mass is 9.80. The fourth-order valence-electron chi connectivity index (χ4n) is 2.68. The van der Waals surface area contributed by atoms with E-state index in [0.717, 1.165) is 11.8 Å². The highest BCUT2D eigenvalue weighted by molar-refractivity contribution is 4.73. The molecule has 0 aromatic heterocycles. The zero-order valence-electron chi connectivity index (χ0n) is 11.1. The van der Waals surface area contributed by atoms with Gasteiger partial charge in [-0.1, -0.05) is 26.2 Å². The Morgan fingerprint density at radius 3 is 2.53 bits per heavy atom. The van der Waals surface area contributed by atoms with Gasteiger partial charge in [0.25, 0.3) is 0 Å². The fourth-order valence-corrected chi connectivity index (χ4v) is 2.68. The largest absolute Gasteiger partial charge is 0.312 e. The lowest BCUT2D eigenvalue weighted by molar-refractivity contribution is 0.262. The molecule has 1 rings (SSSR count). The van der Waals surface area contributed by atoms with E-state index in [1.807, 2.05) is 0 Å². The SMILES string of the molecule is CC1CCCC(CCCNC(C)(C)C)C1. The molecule has 1 N–H and O–H groups in total. The number of rotatable bonds is 4. The van der Waals surface area contributed by atoms with Gasteiger partial charge in [0.15, 0.2) is 0 Å². The van der Waals surface area contributed by atoms with E-state index in [1.54, 1.807) is 0 Å². The molecule has 0 heterocycles. The van der Waals surface area contributed by atoms with E-state index in [1.165, 1.54) is 45.1 Å². The summed E-state index contributed by atoms with van der Waals surface area (Å²) in [7, 11) is 0. The molecule has 0 bridgehead atoms. The van der Waals surface area contributed by atoms with Crippen molar-refractivity contribution in [2.75, 3.05) is 6.54 Å². The van der Waals surface area contributed by atoms with E-state index in [-0.39, 0.29) is 0 Å². The summed E-state index contributed by atoms with van der Waals surface area (Å²) in [5.74, 6) is 2.01. The molecule has 90 valence electrons. The van der Waals surface area contributed by atoms with Gasteiger partial charge >= 0.3 is 0 Å². The van der Waals surface area contributed by atoms with E-state index >= 15 is 0 Å². The van der Waals surface area contributed by atoms with Crippen LogP contribution in [0.15, 0.2) is 0 Å². The van der Waals surface area contributed by atoms with Gasteiger partial charge in [-0.3, -0.25) is 0 Å². The zero-order valence-corrected chi connectivity index (χ0v) is 11.1. The Balaban J connectivity index is 2.04. The molecule has 2 atom stereocenters. The Hall–Kier alpha value is -0.0400. The summed E-state index contributed by atoms with van der Waals surface area (Å²) in [6, 6.07) is 0. The van der Waals surface area contributed by atoms with Gasteiger partial charge in [0, 0.05) is 5.54 Å². The maximum atomic E-state index is 3.57. The van der Waals surface area contributed by atoms with Crippen molar-refractivity contribution < 1.29 is 0 Å². The highest BCUT2D eigenvalue weighted by Crippen LogP contribution is 2.31. The average molecular weight is 211 g/mol. The summed E-state index contributed by atoms with van der Waals surface area (Å²) < 4.78 is 0. The van der Waals surface area contributed by atoms with Crippen LogP contribution in [0.5, 0.6) is 0 Å². The highest BCUT2D eigenvalue weighted by Gasteiger charge is 2.18. The standard InChI is InChI=1S/C14H29N/c1-12-7-5-8-13(11-12)9-6-10-15-14(2,3)4/h12-13,15H,5-11H2,1-4H3. The van der Waals surface area contributed by atoms with E-state index in [9.17, 15) is 0 Å². The van der Waals surface area contributed by atoms with Crippen LogP contribution < -0.4 is 5.32 Å². The van der Waals surface area contributed by atoms with Crippen LogP contribution in [0.25, 0.3) is 0 Å². The van der Waals surface area contributed by atoms with Gasteiger partial charge in [-0.2, -0.15) is 0 Å². The summed E-state index contributed by atoms with van der Waals surface area (Å²) >= 11 is 0. The summed E-state index contributed by atoms with van der Waals surface area (Å²) in [6.45, 7) is 10.3. The van der Waals surface area contributed by atoms with Crippen LogP contribution in [0.3, 0.4) is 0 Å². The predicted molar refractivity (Wildman–Crippen MR) is 68.1 cm³/mol. The van der Waals surface area contributed by atoms with Gasteiger partial charge in [0.2, 0.25) is 0 Å². The third-order valence-corrected chi connectivity index (χ3v) is 3.49. The normalized spacial score (nSPS) is 28.0. The fraction of sp³-hybridized carbons (Fsp3) is 1.00. The van der Waals surface area contributed by atoms with Gasteiger partial charge in [-0.25, -0.2) is 0 Å². The van der Waals surface area contributed by atoms with Crippen molar-refractivity contribution in [3.05, 3.63) is 0 Å². The van der Waals surface area contributed by atoms with Gasteiger partial charge in [-0.15, -0.1) is 0 Å². The smallest absolute Gasteiger partial charge is 0.00965 e. The highest BCUT2D eigenvalue weighted by atomic mass is 14.9. The second-order valence-electron chi connectivity index (χ2n) is 6.46. The molecule has 0 aromatic rings. The maximum Gasteiger partial charge on any atom is 0.00965 e. The van der Waals surface area contributed by atoms with Crippen LogP contribution in [-0.4, -0.2) is 12.1 Å². The molecule has 0 spiro atoms. The number of hydrogen-bond acceptors (Lipinski definition) is 1. The first-order valence-electron chi connectivity index (χ1n) is 6.72. The molecular formula is C14H29N. The average Bonchev–Trinajstić information content (AvgIpc) is 2.11. The molecule has 0 aromatic carbocycles. The lowest BCUT2D eigenvalue weighted by Crippen LogP contribution is -2.36. The summed E-state index contributed by atoms with van der Waals surface area (Å²) in [5, 5.41) is 3.57. The summed E-state index contributed by atoms with van der Waals surface area (Å²) in [5.41, 5.74) is 0.292. The van der Waals surface area contributed by atoms with E-state index in [0.29, 0.717) is 5.54 Å². The predicted octanol–water partition coefficient (Wildman–Crippen LogP) is 3.98. The zero-order chi connectivity index (χ0) is 11.3. The third kappa shape index (κ3) is 6.19. The molecule has 1 saturated carbocycles. The van der Waals surface area contributed by atoms with E-state index in [2.05, 4.69) is 33.0 Å². The van der Waals surface area contributed by atoms with Crippen molar-refractivity contribution in [1.82, 2.24) is 5.32 Å². The van der Waals surface area contributed by atoms with Crippen LogP contribution in [0.1, 0.15) is 66.2 Å². The van der Waals surface area contributed by atoms with Crippen molar-refractivity contribution >= 4 is 0 Å². The Bertz CT molecular complexity index is 169. The van der Waals surface area contributed by atoms with Crippen molar-refractivity contribution in [3.8, 4) is 0 Å². The number of hydrogen-bond donors (Lipinski definition) is 1. The monoisotopic (exact) mass is 211 g/mol. The Labute approximate surface area is 96.0 Å². The van der Waals surface area contributed by atoms with Gasteiger partial charge in [0.05, 0.1) is 0 Å². The molecule has 1 aliphatic rings. The minimum atomic E-state index is 0.292. The van der Waals surface area contributed by atoms with E-state index in [4.69, 9.17) is 0 Å². The molecule has 0 amide bonds. The first-order chi connectivity index (χ1) is 6.97. The number of nitrogens with one attached hydrogen (secondary N) is 1. The lowest BCUT2D eigenvalue weighted by Gasteiger charge is -2.27. The van der Waals surface area contributed by atoms with Crippen LogP contribution in [0.4, 0.5) is 0 Å². The molecule has 1 nitrogen and oxygen atoms in total. The molecule has 1 fully saturated rings. The second kappa shape index (κ2) is 5.89. The molecular weight excluding hydrogens is 182 g/mol. The first kappa shape index (κ1) is 13.0. The Morgan fingerprint density at radius 2 is 1.93 bits per heavy atom. The van der Waals surface area contributed by atoms with Crippen molar-refractivity contribution in [1.29, 1.82) is 0 Å². The minimum Gasteiger partial charge on any atom is -0.312 e. The van der Waals surface area contributed by atoms with Gasteiger partial charge in [-0.05, 0) is 58.4 Å². The first-order valence-corrected chi connectivity index (χ1v) is 6.72. The summed E-state index contributed by atoms with van der Waals surface area (Å²) in [6.07, 6.45) is 8.70. The molecule has 1 aliphatic carbocycles. The molecule has 0 radical (unpaired) electrons. The molecule has 0 aliphatic heterocycles.